The minimum Gasteiger partial charge on any atom is -0.493 e. The normalized spacial score (nSPS) is 12.5. The van der Waals surface area contributed by atoms with Crippen molar-refractivity contribution in [2.24, 2.45) is 5.10 Å². The van der Waals surface area contributed by atoms with Gasteiger partial charge in [0.25, 0.3) is 0 Å². The average molecular weight is 665 g/mol. The summed E-state index contributed by atoms with van der Waals surface area (Å²) < 4.78 is 17.5. The number of anilines is 1. The van der Waals surface area contributed by atoms with E-state index in [4.69, 9.17) is 14.2 Å². The van der Waals surface area contributed by atoms with Crippen molar-refractivity contribution in [3.05, 3.63) is 86.2 Å². The van der Waals surface area contributed by atoms with Gasteiger partial charge in [-0.1, -0.05) is 42.5 Å². The number of rotatable bonds is 9. The highest BCUT2D eigenvalue weighted by molar-refractivity contribution is 9.10. The molecular weight excluding hydrogens is 634 g/mol. The summed E-state index contributed by atoms with van der Waals surface area (Å²) in [5, 5.41) is 9.08. The molecule has 0 saturated heterocycles. The number of methoxy groups -OCH3 is 1. The van der Waals surface area contributed by atoms with Crippen molar-refractivity contribution in [3.8, 4) is 11.5 Å². The van der Waals surface area contributed by atoms with Gasteiger partial charge in [-0.05, 0) is 88.1 Å². The van der Waals surface area contributed by atoms with E-state index < -0.39 is 17.8 Å². The molecule has 0 bridgehead atoms. The maximum Gasteiger partial charge on any atom is 0.341 e. The van der Waals surface area contributed by atoms with Crippen LogP contribution in [0.4, 0.5) is 5.00 Å². The lowest BCUT2D eigenvalue weighted by atomic mass is 9.95. The van der Waals surface area contributed by atoms with Crippen LogP contribution in [0.1, 0.15) is 51.7 Å². The Morgan fingerprint density at radius 3 is 2.65 bits per heavy atom. The molecule has 1 aromatic heterocycles. The number of amides is 2. The molecule has 1 aliphatic carbocycles. The number of esters is 1. The maximum absolute atomic E-state index is 12.7. The molecule has 0 spiro atoms. The van der Waals surface area contributed by atoms with Crippen LogP contribution in [0, 0.1) is 0 Å². The first-order valence-corrected chi connectivity index (χ1v) is 15.4. The van der Waals surface area contributed by atoms with E-state index in [9.17, 15) is 14.4 Å². The van der Waals surface area contributed by atoms with Crippen LogP contribution in [0.3, 0.4) is 0 Å². The quantitative estimate of drug-likeness (QED) is 0.0927. The maximum atomic E-state index is 12.7. The number of ether oxygens (including phenoxy) is 3. The summed E-state index contributed by atoms with van der Waals surface area (Å²) in [5.41, 5.74) is 5.11. The third kappa shape index (κ3) is 6.89. The number of thiophene rings is 1. The molecule has 2 N–H and O–H groups in total. The van der Waals surface area contributed by atoms with E-state index in [1.807, 2.05) is 24.3 Å². The fourth-order valence-corrected chi connectivity index (χ4v) is 6.82. The summed E-state index contributed by atoms with van der Waals surface area (Å²) in [7, 11) is 1.53. The summed E-state index contributed by atoms with van der Waals surface area (Å²) in [6, 6.07) is 17.7. The fraction of sp³-hybridized carbons (Fsp3) is 0.250. The summed E-state index contributed by atoms with van der Waals surface area (Å²) in [6.07, 6.45) is 4.91. The van der Waals surface area contributed by atoms with E-state index in [0.717, 1.165) is 52.5 Å². The molecular formula is C32H30BrN3O6S. The number of fused-ring (bicyclic) bond motifs is 2. The zero-order valence-corrected chi connectivity index (χ0v) is 26.1. The lowest BCUT2D eigenvalue weighted by Gasteiger charge is -2.14. The number of nitrogens with zero attached hydrogens (tertiary/aromatic N) is 1. The van der Waals surface area contributed by atoms with Crippen LogP contribution < -0.4 is 20.2 Å². The van der Waals surface area contributed by atoms with E-state index >= 15 is 0 Å². The van der Waals surface area contributed by atoms with Crippen LogP contribution in [0.5, 0.6) is 11.5 Å². The van der Waals surface area contributed by atoms with Crippen LogP contribution >= 0.6 is 27.3 Å². The molecule has 0 fully saturated rings. The molecule has 0 aliphatic heterocycles. The minimum absolute atomic E-state index is 0.213. The lowest BCUT2D eigenvalue weighted by molar-refractivity contribution is -0.136. The molecule has 0 saturated carbocycles. The molecule has 0 unspecified atom stereocenters. The Morgan fingerprint density at radius 1 is 1.05 bits per heavy atom. The zero-order valence-electron chi connectivity index (χ0n) is 23.7. The first-order valence-electron chi connectivity index (χ1n) is 13.8. The molecule has 0 atom stereocenters. The van der Waals surface area contributed by atoms with Gasteiger partial charge in [0.15, 0.2) is 11.5 Å². The second-order valence-electron chi connectivity index (χ2n) is 9.75. The van der Waals surface area contributed by atoms with Gasteiger partial charge in [-0.3, -0.25) is 9.59 Å². The van der Waals surface area contributed by atoms with Crippen LogP contribution in [0.15, 0.2) is 64.2 Å². The Balaban J connectivity index is 1.24. The topological polar surface area (TPSA) is 115 Å². The average Bonchev–Trinajstić information content (AvgIpc) is 3.38. The van der Waals surface area contributed by atoms with Crippen molar-refractivity contribution in [1.29, 1.82) is 0 Å². The third-order valence-electron chi connectivity index (χ3n) is 6.97. The number of carbonyl (C=O) groups excluding carboxylic acids is 3. The SMILES string of the molecule is CCOC(=O)c1c(NC(=O)C(=O)NN=Cc2cc(Br)c(OCc3cccc4ccccc34)c(OC)c2)sc2c1CCCC2. The van der Waals surface area contributed by atoms with Crippen molar-refractivity contribution in [3.63, 3.8) is 0 Å². The van der Waals surface area contributed by atoms with Gasteiger partial charge in [0, 0.05) is 4.88 Å². The second-order valence-corrected chi connectivity index (χ2v) is 11.7. The monoisotopic (exact) mass is 663 g/mol. The number of hydrogen-bond acceptors (Lipinski definition) is 8. The number of hydrogen-bond donors (Lipinski definition) is 2. The number of nitrogens with one attached hydrogen (secondary N) is 2. The molecule has 1 heterocycles. The van der Waals surface area contributed by atoms with E-state index in [1.54, 1.807) is 19.1 Å². The Kier molecular flexibility index (Phi) is 9.73. The van der Waals surface area contributed by atoms with Gasteiger partial charge in [0.2, 0.25) is 0 Å². The number of aryl methyl sites for hydroxylation is 1. The highest BCUT2D eigenvalue weighted by atomic mass is 79.9. The molecule has 222 valence electrons. The van der Waals surface area contributed by atoms with E-state index in [1.165, 1.54) is 24.7 Å². The lowest BCUT2D eigenvalue weighted by Crippen LogP contribution is -2.32. The standard InChI is InChI=1S/C32H30BrN3O6S/c1-3-41-32(39)27-23-13-6-7-14-26(23)43-31(27)35-29(37)30(38)36-34-17-19-15-24(33)28(25(16-19)40-2)42-18-21-11-8-10-20-9-4-5-12-22(20)21/h4-5,8-12,15-17H,3,6-7,13-14,18H2,1-2H3,(H,35,37)(H,36,38). The van der Waals surface area contributed by atoms with E-state index in [2.05, 4.69) is 50.0 Å². The van der Waals surface area contributed by atoms with Gasteiger partial charge in [-0.2, -0.15) is 5.10 Å². The van der Waals surface area contributed by atoms with Crippen molar-refractivity contribution in [1.82, 2.24) is 5.43 Å². The molecule has 4 aromatic rings. The number of benzene rings is 3. The largest absolute Gasteiger partial charge is 0.493 e. The highest BCUT2D eigenvalue weighted by Gasteiger charge is 2.28. The summed E-state index contributed by atoms with van der Waals surface area (Å²) in [5.74, 6) is -1.42. The summed E-state index contributed by atoms with van der Waals surface area (Å²) in [6.45, 7) is 2.27. The molecule has 1 aliphatic rings. The molecule has 3 aromatic carbocycles. The number of hydrazone groups is 1. The van der Waals surface area contributed by atoms with Gasteiger partial charge in [-0.15, -0.1) is 11.3 Å². The third-order valence-corrected chi connectivity index (χ3v) is 8.76. The number of halogens is 1. The molecule has 11 heteroatoms. The van der Waals surface area contributed by atoms with Crippen LogP contribution in [0.25, 0.3) is 10.8 Å². The zero-order chi connectivity index (χ0) is 30.3. The van der Waals surface area contributed by atoms with Gasteiger partial charge in [-0.25, -0.2) is 10.2 Å². The van der Waals surface area contributed by atoms with Crippen LogP contribution in [-0.4, -0.2) is 37.7 Å². The van der Waals surface area contributed by atoms with Crippen molar-refractivity contribution in [2.75, 3.05) is 19.0 Å². The predicted octanol–water partition coefficient (Wildman–Crippen LogP) is 6.40. The minimum atomic E-state index is -0.974. The number of carbonyl (C=O) groups is 3. The smallest absolute Gasteiger partial charge is 0.341 e. The summed E-state index contributed by atoms with van der Waals surface area (Å²) >= 11 is 4.85. The second kappa shape index (κ2) is 13.8. The Labute approximate surface area is 261 Å². The molecule has 9 nitrogen and oxygen atoms in total. The molecule has 5 rings (SSSR count). The van der Waals surface area contributed by atoms with Crippen molar-refractivity contribution in [2.45, 2.75) is 39.2 Å². The fourth-order valence-electron chi connectivity index (χ4n) is 4.97. The molecule has 2 amide bonds. The van der Waals surface area contributed by atoms with Crippen molar-refractivity contribution >= 4 is 67.0 Å². The molecule has 0 radical (unpaired) electrons. The van der Waals surface area contributed by atoms with E-state index in [-0.39, 0.29) is 6.61 Å². The molecule has 43 heavy (non-hydrogen) atoms. The Hall–Kier alpha value is -4.22. The Morgan fingerprint density at radius 2 is 1.84 bits per heavy atom. The Bertz CT molecular complexity index is 1710. The highest BCUT2D eigenvalue weighted by Crippen LogP contribution is 2.39. The van der Waals surface area contributed by atoms with Gasteiger partial charge in [0.05, 0.1) is 30.0 Å². The predicted molar refractivity (Wildman–Crippen MR) is 170 cm³/mol. The van der Waals surface area contributed by atoms with Gasteiger partial charge >= 0.3 is 17.8 Å². The van der Waals surface area contributed by atoms with Gasteiger partial charge in [0.1, 0.15) is 11.6 Å². The summed E-state index contributed by atoms with van der Waals surface area (Å²) in [4.78, 5) is 38.9. The first-order chi connectivity index (χ1) is 20.9. The van der Waals surface area contributed by atoms with Crippen LogP contribution in [0.2, 0.25) is 0 Å². The van der Waals surface area contributed by atoms with E-state index in [0.29, 0.717) is 38.7 Å². The van der Waals surface area contributed by atoms with Gasteiger partial charge < -0.3 is 19.5 Å². The first kappa shape index (κ1) is 30.2. The van der Waals surface area contributed by atoms with Crippen LogP contribution in [-0.2, 0) is 33.8 Å². The van der Waals surface area contributed by atoms with Crippen molar-refractivity contribution < 1.29 is 28.6 Å².